The van der Waals surface area contributed by atoms with Gasteiger partial charge in [-0.2, -0.15) is 0 Å². The van der Waals surface area contributed by atoms with Gasteiger partial charge in [-0.1, -0.05) is 0 Å². The molecule has 0 aliphatic carbocycles. The van der Waals surface area contributed by atoms with E-state index in [2.05, 4.69) is 15.8 Å². The summed E-state index contributed by atoms with van der Waals surface area (Å²) in [6, 6.07) is 0. The van der Waals surface area contributed by atoms with Crippen molar-refractivity contribution in [2.24, 2.45) is 4.99 Å². The van der Waals surface area contributed by atoms with Crippen LogP contribution in [0.15, 0.2) is 16.9 Å². The first-order valence-corrected chi connectivity index (χ1v) is 2.89. The number of nitrogens with one attached hydrogen (secondary N) is 2. The van der Waals surface area contributed by atoms with Crippen LogP contribution >= 0.6 is 0 Å². The molecule has 3 heteroatoms. The molecule has 0 fully saturated rings. The Balaban J connectivity index is 3.55. The van der Waals surface area contributed by atoms with E-state index in [0.29, 0.717) is 0 Å². The largest absolute Gasteiger partial charge is 0.327 e. The van der Waals surface area contributed by atoms with Gasteiger partial charge in [0, 0.05) is 19.5 Å². The van der Waals surface area contributed by atoms with E-state index in [1.807, 2.05) is 13.8 Å². The zero-order chi connectivity index (χ0) is 7.11. The second-order valence-corrected chi connectivity index (χ2v) is 1.57. The fraction of sp³-hybridized carbons (Fsp3) is 0.500. The van der Waals surface area contributed by atoms with Gasteiger partial charge in [0.15, 0.2) is 0 Å². The van der Waals surface area contributed by atoms with Crippen LogP contribution in [0.25, 0.3) is 0 Å². The van der Waals surface area contributed by atoms with Crippen LogP contribution in [-0.2, 0) is 0 Å². The lowest BCUT2D eigenvalue weighted by Gasteiger charge is -1.94. The lowest BCUT2D eigenvalue weighted by atomic mass is 10.5. The van der Waals surface area contributed by atoms with Gasteiger partial charge in [0.2, 0.25) is 0 Å². The van der Waals surface area contributed by atoms with Crippen molar-refractivity contribution in [3.8, 4) is 0 Å². The van der Waals surface area contributed by atoms with Gasteiger partial charge < -0.3 is 5.43 Å². The van der Waals surface area contributed by atoms with E-state index >= 15 is 0 Å². The molecule has 0 aliphatic rings. The highest BCUT2D eigenvalue weighted by Crippen LogP contribution is 1.87. The van der Waals surface area contributed by atoms with Gasteiger partial charge in [-0.15, -0.1) is 0 Å². The number of allylic oxidation sites excluding steroid dienone is 1. The van der Waals surface area contributed by atoms with Crippen molar-refractivity contribution in [1.29, 1.82) is 0 Å². The Morgan fingerprint density at radius 3 is 2.67 bits per heavy atom. The van der Waals surface area contributed by atoms with E-state index in [1.54, 1.807) is 19.5 Å². The van der Waals surface area contributed by atoms with Crippen LogP contribution in [0.1, 0.15) is 13.8 Å². The lowest BCUT2D eigenvalue weighted by Crippen LogP contribution is -2.21. The second-order valence-electron chi connectivity index (χ2n) is 1.57. The van der Waals surface area contributed by atoms with Crippen LogP contribution in [0.2, 0.25) is 0 Å². The summed E-state index contributed by atoms with van der Waals surface area (Å²) in [5.41, 5.74) is 6.51. The molecule has 0 heterocycles. The Morgan fingerprint density at radius 2 is 2.22 bits per heavy atom. The first kappa shape index (κ1) is 8.17. The average molecular weight is 127 g/mol. The monoisotopic (exact) mass is 127 g/mol. The molecule has 0 atom stereocenters. The smallest absolute Gasteiger partial charge is 0.0539 e. The maximum absolute atomic E-state index is 4.00. The quantitative estimate of drug-likeness (QED) is 0.431. The molecule has 0 radical (unpaired) electrons. The molecule has 0 spiro atoms. The molecule has 0 rings (SSSR count). The Hall–Kier alpha value is -0.830. The van der Waals surface area contributed by atoms with Gasteiger partial charge in [0.1, 0.15) is 0 Å². The SMILES string of the molecule is C/C=N\C(C)=C\NNC. The minimum Gasteiger partial charge on any atom is -0.327 e. The van der Waals surface area contributed by atoms with Crippen molar-refractivity contribution in [2.45, 2.75) is 13.8 Å². The van der Waals surface area contributed by atoms with E-state index in [4.69, 9.17) is 0 Å². The molecule has 0 amide bonds. The van der Waals surface area contributed by atoms with E-state index in [1.165, 1.54) is 0 Å². The van der Waals surface area contributed by atoms with Crippen LogP contribution in [0.3, 0.4) is 0 Å². The molecular formula is C6H13N3. The molecule has 0 aromatic carbocycles. The normalized spacial score (nSPS) is 12.6. The molecule has 2 N–H and O–H groups in total. The third-order valence-electron chi connectivity index (χ3n) is 0.758. The number of hydrogen-bond donors (Lipinski definition) is 2. The van der Waals surface area contributed by atoms with E-state index in [9.17, 15) is 0 Å². The van der Waals surface area contributed by atoms with Crippen molar-refractivity contribution in [1.82, 2.24) is 10.9 Å². The number of aliphatic imine (C=N–C) groups is 1. The van der Waals surface area contributed by atoms with Gasteiger partial charge in [-0.3, -0.25) is 4.99 Å². The summed E-state index contributed by atoms with van der Waals surface area (Å²) in [7, 11) is 1.80. The van der Waals surface area contributed by atoms with Crippen LogP contribution in [0.5, 0.6) is 0 Å². The molecule has 0 unspecified atom stereocenters. The number of hydrazine groups is 1. The number of rotatable bonds is 3. The lowest BCUT2D eigenvalue weighted by molar-refractivity contribution is 0.724. The molecule has 0 saturated heterocycles. The fourth-order valence-electron chi connectivity index (χ4n) is 0.418. The van der Waals surface area contributed by atoms with E-state index in [0.717, 1.165) is 5.70 Å². The van der Waals surface area contributed by atoms with Gasteiger partial charge in [-0.05, 0) is 13.8 Å². The minimum absolute atomic E-state index is 0.951. The third-order valence-corrected chi connectivity index (χ3v) is 0.758. The molecule has 0 aromatic heterocycles. The van der Waals surface area contributed by atoms with E-state index < -0.39 is 0 Å². The molecule has 3 nitrogen and oxygen atoms in total. The molecule has 0 bridgehead atoms. The zero-order valence-electron chi connectivity index (χ0n) is 6.10. The molecule has 0 saturated carbocycles. The first-order valence-electron chi connectivity index (χ1n) is 2.89. The van der Waals surface area contributed by atoms with Crippen molar-refractivity contribution in [3.63, 3.8) is 0 Å². The molecule has 52 valence electrons. The topological polar surface area (TPSA) is 36.4 Å². The standard InChI is InChI=1S/C6H13N3/c1-4-8-6(2)5-9-7-3/h4-5,7,9H,1-3H3/b6-5+,8-4-. The highest BCUT2D eigenvalue weighted by Gasteiger charge is 1.76. The molecule has 0 aliphatic heterocycles. The van der Waals surface area contributed by atoms with Gasteiger partial charge in [-0.25, -0.2) is 5.43 Å². The van der Waals surface area contributed by atoms with Crippen LogP contribution < -0.4 is 10.9 Å². The predicted molar refractivity (Wildman–Crippen MR) is 40.1 cm³/mol. The zero-order valence-corrected chi connectivity index (χ0v) is 6.10. The van der Waals surface area contributed by atoms with Crippen molar-refractivity contribution in [3.05, 3.63) is 11.9 Å². The fourth-order valence-corrected chi connectivity index (χ4v) is 0.418. The summed E-state index contributed by atoms with van der Waals surface area (Å²) in [6.45, 7) is 3.81. The highest BCUT2D eigenvalue weighted by atomic mass is 15.3. The average Bonchev–Trinajstić information content (AvgIpc) is 1.85. The van der Waals surface area contributed by atoms with Crippen molar-refractivity contribution < 1.29 is 0 Å². The molecular weight excluding hydrogens is 114 g/mol. The summed E-state index contributed by atoms with van der Waals surface area (Å²) < 4.78 is 0. The number of hydrogen-bond acceptors (Lipinski definition) is 3. The van der Waals surface area contributed by atoms with Crippen LogP contribution in [0.4, 0.5) is 0 Å². The van der Waals surface area contributed by atoms with Gasteiger partial charge in [0.05, 0.1) is 5.70 Å². The van der Waals surface area contributed by atoms with Crippen LogP contribution in [-0.4, -0.2) is 13.3 Å². The number of nitrogens with zero attached hydrogens (tertiary/aromatic N) is 1. The summed E-state index contributed by atoms with van der Waals surface area (Å²) in [5.74, 6) is 0. The van der Waals surface area contributed by atoms with Crippen molar-refractivity contribution in [2.75, 3.05) is 7.05 Å². The summed E-state index contributed by atoms with van der Waals surface area (Å²) in [5, 5.41) is 0. The summed E-state index contributed by atoms with van der Waals surface area (Å²) in [4.78, 5) is 4.00. The Morgan fingerprint density at radius 1 is 1.56 bits per heavy atom. The Kier molecular flexibility index (Phi) is 4.82. The maximum Gasteiger partial charge on any atom is 0.0539 e. The second kappa shape index (κ2) is 5.31. The molecule has 0 aromatic rings. The molecule has 9 heavy (non-hydrogen) atoms. The van der Waals surface area contributed by atoms with Gasteiger partial charge in [0.25, 0.3) is 0 Å². The van der Waals surface area contributed by atoms with Crippen molar-refractivity contribution >= 4 is 6.21 Å². The Bertz CT molecular complexity index is 115. The van der Waals surface area contributed by atoms with Gasteiger partial charge >= 0.3 is 0 Å². The predicted octanol–water partition coefficient (Wildman–Crippen LogP) is 0.662. The third kappa shape index (κ3) is 5.03. The highest BCUT2D eigenvalue weighted by molar-refractivity contribution is 5.54. The maximum atomic E-state index is 4.00. The summed E-state index contributed by atoms with van der Waals surface area (Å²) >= 11 is 0. The van der Waals surface area contributed by atoms with Crippen LogP contribution in [0, 0.1) is 0 Å². The van der Waals surface area contributed by atoms with E-state index in [-0.39, 0.29) is 0 Å². The summed E-state index contributed by atoms with van der Waals surface area (Å²) in [6.07, 6.45) is 3.54. The Labute approximate surface area is 55.8 Å². The first-order chi connectivity index (χ1) is 4.31. The minimum atomic E-state index is 0.951.